The standard InChI is InChI=1S/C19H11F6N3O/c1-29-17-7-3-11(10-26-17)2-5-13-9-16(28-27-13)14-6-4-12(18(20,21)22)8-15(14)19(23,24)25/h3-4,6-10H,1H3,(H,27,28). The Balaban J connectivity index is 1.95. The van der Waals surface area contributed by atoms with Crippen molar-refractivity contribution in [2.45, 2.75) is 12.4 Å². The van der Waals surface area contributed by atoms with E-state index in [-0.39, 0.29) is 17.5 Å². The molecule has 0 unspecified atom stereocenters. The first kappa shape index (κ1) is 20.3. The zero-order chi connectivity index (χ0) is 21.2. The number of aromatic amines is 1. The first-order valence-electron chi connectivity index (χ1n) is 7.94. The summed E-state index contributed by atoms with van der Waals surface area (Å²) in [5.41, 5.74) is -2.78. The molecule has 0 radical (unpaired) electrons. The van der Waals surface area contributed by atoms with Gasteiger partial charge in [0, 0.05) is 23.4 Å². The number of methoxy groups -OCH3 is 1. The van der Waals surface area contributed by atoms with Gasteiger partial charge in [-0.3, -0.25) is 5.10 Å². The number of hydrogen-bond acceptors (Lipinski definition) is 3. The molecule has 29 heavy (non-hydrogen) atoms. The summed E-state index contributed by atoms with van der Waals surface area (Å²) in [4.78, 5) is 3.96. The molecule has 3 aromatic rings. The quantitative estimate of drug-likeness (QED) is 0.481. The molecule has 0 amide bonds. The van der Waals surface area contributed by atoms with Gasteiger partial charge in [0.15, 0.2) is 0 Å². The van der Waals surface area contributed by atoms with Gasteiger partial charge < -0.3 is 4.74 Å². The van der Waals surface area contributed by atoms with Gasteiger partial charge in [0.25, 0.3) is 0 Å². The minimum atomic E-state index is -4.99. The molecule has 3 rings (SSSR count). The van der Waals surface area contributed by atoms with Gasteiger partial charge in [-0.05, 0) is 30.2 Å². The van der Waals surface area contributed by atoms with Crippen molar-refractivity contribution < 1.29 is 31.1 Å². The van der Waals surface area contributed by atoms with Crippen molar-refractivity contribution in [3.05, 3.63) is 65.0 Å². The summed E-state index contributed by atoms with van der Waals surface area (Å²) >= 11 is 0. The third kappa shape index (κ3) is 4.68. The van der Waals surface area contributed by atoms with Crippen molar-refractivity contribution in [1.82, 2.24) is 15.2 Å². The molecule has 0 bridgehead atoms. The normalized spacial score (nSPS) is 11.7. The summed E-state index contributed by atoms with van der Waals surface area (Å²) in [5.74, 6) is 5.80. The number of H-pyrrole nitrogens is 1. The number of halogens is 6. The molecule has 0 aliphatic rings. The van der Waals surface area contributed by atoms with Crippen LogP contribution in [0.2, 0.25) is 0 Å². The average molecular weight is 411 g/mol. The minimum Gasteiger partial charge on any atom is -0.481 e. The van der Waals surface area contributed by atoms with E-state index in [4.69, 9.17) is 4.74 Å². The Kier molecular flexibility index (Phi) is 5.24. The molecule has 0 atom stereocenters. The van der Waals surface area contributed by atoms with Crippen LogP contribution in [0.1, 0.15) is 22.4 Å². The third-order valence-corrected chi connectivity index (χ3v) is 3.79. The van der Waals surface area contributed by atoms with Crippen LogP contribution in [0.5, 0.6) is 5.88 Å². The maximum Gasteiger partial charge on any atom is 0.417 e. The fraction of sp³-hybridized carbons (Fsp3) is 0.158. The maximum atomic E-state index is 13.3. The van der Waals surface area contributed by atoms with E-state index < -0.39 is 29.0 Å². The molecule has 150 valence electrons. The highest BCUT2D eigenvalue weighted by atomic mass is 19.4. The maximum absolute atomic E-state index is 13.3. The summed E-state index contributed by atoms with van der Waals surface area (Å²) in [6, 6.07) is 5.83. The van der Waals surface area contributed by atoms with E-state index in [0.717, 1.165) is 6.07 Å². The molecular weight excluding hydrogens is 400 g/mol. The van der Waals surface area contributed by atoms with Crippen LogP contribution in [0.25, 0.3) is 11.3 Å². The van der Waals surface area contributed by atoms with Gasteiger partial charge in [0.05, 0.1) is 23.9 Å². The van der Waals surface area contributed by atoms with Crippen LogP contribution in [0, 0.1) is 11.8 Å². The Morgan fingerprint density at radius 2 is 1.69 bits per heavy atom. The van der Waals surface area contributed by atoms with Crippen LogP contribution >= 0.6 is 0 Å². The Bertz CT molecular complexity index is 1070. The molecule has 10 heteroatoms. The van der Waals surface area contributed by atoms with Gasteiger partial charge in [0.2, 0.25) is 5.88 Å². The third-order valence-electron chi connectivity index (χ3n) is 3.79. The fourth-order valence-corrected chi connectivity index (χ4v) is 2.42. The molecular formula is C19H11F6N3O. The van der Waals surface area contributed by atoms with Gasteiger partial charge in [-0.25, -0.2) is 4.98 Å². The SMILES string of the molecule is COc1ccc(C#Cc2cc(-c3ccc(C(F)(F)F)cc3C(F)(F)F)n[nH]2)cn1. The number of rotatable bonds is 2. The van der Waals surface area contributed by atoms with Crippen LogP contribution in [0.4, 0.5) is 26.3 Å². The van der Waals surface area contributed by atoms with Crippen LogP contribution in [0.15, 0.2) is 42.6 Å². The zero-order valence-corrected chi connectivity index (χ0v) is 14.6. The Labute approximate surface area is 160 Å². The number of ether oxygens (including phenoxy) is 1. The highest BCUT2D eigenvalue weighted by Crippen LogP contribution is 2.40. The van der Waals surface area contributed by atoms with Gasteiger partial charge in [-0.1, -0.05) is 12.0 Å². The van der Waals surface area contributed by atoms with E-state index in [1.807, 2.05) is 0 Å². The Morgan fingerprint density at radius 1 is 0.931 bits per heavy atom. The minimum absolute atomic E-state index is 0.0678. The van der Waals surface area contributed by atoms with Crippen molar-refractivity contribution >= 4 is 0 Å². The summed E-state index contributed by atoms with van der Waals surface area (Å²) in [6.45, 7) is 0. The van der Waals surface area contributed by atoms with Crippen molar-refractivity contribution in [2.75, 3.05) is 7.11 Å². The van der Waals surface area contributed by atoms with Crippen LogP contribution < -0.4 is 4.74 Å². The summed E-state index contributed by atoms with van der Waals surface area (Å²) in [6.07, 6.45) is -8.44. The largest absolute Gasteiger partial charge is 0.481 e. The van der Waals surface area contributed by atoms with Gasteiger partial charge in [0.1, 0.15) is 5.69 Å². The molecule has 0 saturated carbocycles. The van der Waals surface area contributed by atoms with E-state index in [1.165, 1.54) is 19.4 Å². The lowest BCUT2D eigenvalue weighted by molar-refractivity contribution is -0.142. The summed E-state index contributed by atoms with van der Waals surface area (Å²) in [7, 11) is 1.45. The van der Waals surface area contributed by atoms with Crippen molar-refractivity contribution in [3.63, 3.8) is 0 Å². The lowest BCUT2D eigenvalue weighted by Crippen LogP contribution is -2.12. The van der Waals surface area contributed by atoms with Crippen LogP contribution in [-0.4, -0.2) is 22.3 Å². The molecule has 0 spiro atoms. The van der Waals surface area contributed by atoms with E-state index >= 15 is 0 Å². The Morgan fingerprint density at radius 3 is 2.28 bits per heavy atom. The van der Waals surface area contributed by atoms with Crippen molar-refractivity contribution in [3.8, 4) is 29.0 Å². The molecule has 1 aromatic carbocycles. The molecule has 2 heterocycles. The smallest absolute Gasteiger partial charge is 0.417 e. The molecule has 0 saturated heterocycles. The molecule has 2 aromatic heterocycles. The van der Waals surface area contributed by atoms with Gasteiger partial charge in [-0.2, -0.15) is 31.4 Å². The zero-order valence-electron chi connectivity index (χ0n) is 14.6. The molecule has 0 fully saturated rings. The Hall–Kier alpha value is -3.48. The predicted molar refractivity (Wildman–Crippen MR) is 90.8 cm³/mol. The van der Waals surface area contributed by atoms with E-state index in [1.54, 1.807) is 12.1 Å². The fourth-order valence-electron chi connectivity index (χ4n) is 2.42. The number of benzene rings is 1. The van der Waals surface area contributed by atoms with Crippen molar-refractivity contribution in [2.24, 2.45) is 0 Å². The van der Waals surface area contributed by atoms with Crippen LogP contribution in [0.3, 0.4) is 0 Å². The van der Waals surface area contributed by atoms with Gasteiger partial charge >= 0.3 is 12.4 Å². The van der Waals surface area contributed by atoms with E-state index in [0.29, 0.717) is 17.5 Å². The van der Waals surface area contributed by atoms with E-state index in [2.05, 4.69) is 27.0 Å². The second kappa shape index (κ2) is 7.50. The lowest BCUT2D eigenvalue weighted by Gasteiger charge is -2.14. The highest BCUT2D eigenvalue weighted by molar-refractivity contribution is 5.66. The van der Waals surface area contributed by atoms with Crippen LogP contribution in [-0.2, 0) is 12.4 Å². The molecule has 1 N–H and O–H groups in total. The average Bonchev–Trinajstić information content (AvgIpc) is 3.14. The summed E-state index contributed by atoms with van der Waals surface area (Å²) < 4.78 is 83.1. The second-order valence-electron chi connectivity index (χ2n) is 5.76. The first-order chi connectivity index (χ1) is 13.6. The van der Waals surface area contributed by atoms with E-state index in [9.17, 15) is 26.3 Å². The number of aromatic nitrogens is 3. The number of nitrogens with one attached hydrogen (secondary N) is 1. The number of hydrogen-bond donors (Lipinski definition) is 1. The monoisotopic (exact) mass is 411 g/mol. The number of alkyl halides is 6. The first-order valence-corrected chi connectivity index (χ1v) is 7.94. The van der Waals surface area contributed by atoms with Gasteiger partial charge in [-0.15, -0.1) is 0 Å². The predicted octanol–water partition coefficient (Wildman–Crippen LogP) is 4.92. The van der Waals surface area contributed by atoms with Crippen molar-refractivity contribution in [1.29, 1.82) is 0 Å². The highest BCUT2D eigenvalue weighted by Gasteiger charge is 2.38. The molecule has 0 aliphatic carbocycles. The number of pyridine rings is 1. The summed E-state index contributed by atoms with van der Waals surface area (Å²) in [5, 5.41) is 6.21. The number of nitrogens with zero attached hydrogens (tertiary/aromatic N) is 2. The topological polar surface area (TPSA) is 50.8 Å². The molecule has 0 aliphatic heterocycles. The second-order valence-corrected chi connectivity index (χ2v) is 5.76. The lowest BCUT2D eigenvalue weighted by atomic mass is 10.0. The molecule has 4 nitrogen and oxygen atoms in total.